The summed E-state index contributed by atoms with van der Waals surface area (Å²) in [6.07, 6.45) is 8.86. The summed E-state index contributed by atoms with van der Waals surface area (Å²) in [4.78, 5) is 31.1. The minimum absolute atomic E-state index is 0.0652. The summed E-state index contributed by atoms with van der Waals surface area (Å²) in [5.74, 6) is 4.07. The molecule has 2 heterocycles. The molecular formula is C26H34N2O4. The third-order valence-corrected chi connectivity index (χ3v) is 8.69. The third kappa shape index (κ3) is 3.37. The summed E-state index contributed by atoms with van der Waals surface area (Å²) in [6.45, 7) is 2.36. The number of rotatable bonds is 4. The number of likely N-dealkylation sites (N-methyl/N-ethyl adjacent to an activating group) is 1. The Morgan fingerprint density at radius 3 is 2.38 bits per heavy atom. The van der Waals surface area contributed by atoms with Gasteiger partial charge in [-0.05, 0) is 86.8 Å². The van der Waals surface area contributed by atoms with Crippen LogP contribution in [0, 0.1) is 23.2 Å². The van der Waals surface area contributed by atoms with E-state index in [0.717, 1.165) is 73.5 Å². The molecular weight excluding hydrogens is 404 g/mol. The monoisotopic (exact) mass is 438 g/mol. The molecule has 32 heavy (non-hydrogen) atoms. The van der Waals surface area contributed by atoms with E-state index in [2.05, 4.69) is 0 Å². The second kappa shape index (κ2) is 7.67. The van der Waals surface area contributed by atoms with E-state index >= 15 is 0 Å². The molecule has 1 aromatic carbocycles. The predicted molar refractivity (Wildman–Crippen MR) is 119 cm³/mol. The van der Waals surface area contributed by atoms with Gasteiger partial charge >= 0.3 is 0 Å². The number of ether oxygens (including phenoxy) is 2. The van der Waals surface area contributed by atoms with Gasteiger partial charge < -0.3 is 19.3 Å². The number of fused-ring (bicyclic) bond motifs is 1. The summed E-state index contributed by atoms with van der Waals surface area (Å²) in [6, 6.07) is 5.56. The molecule has 4 saturated carbocycles. The lowest BCUT2D eigenvalue weighted by Gasteiger charge is -2.56. The molecule has 2 amide bonds. The summed E-state index contributed by atoms with van der Waals surface area (Å²) in [7, 11) is 1.85. The fourth-order valence-electron chi connectivity index (χ4n) is 7.74. The van der Waals surface area contributed by atoms with Gasteiger partial charge in [0, 0.05) is 20.1 Å². The van der Waals surface area contributed by atoms with E-state index in [-0.39, 0.29) is 17.4 Å². The summed E-state index contributed by atoms with van der Waals surface area (Å²) < 4.78 is 11.3. The smallest absolute Gasteiger partial charge is 0.245 e. The van der Waals surface area contributed by atoms with Gasteiger partial charge in [0.25, 0.3) is 0 Å². The van der Waals surface area contributed by atoms with Gasteiger partial charge in [-0.2, -0.15) is 0 Å². The zero-order chi connectivity index (χ0) is 21.9. The van der Waals surface area contributed by atoms with Crippen LogP contribution in [-0.4, -0.2) is 54.5 Å². The molecule has 5 fully saturated rings. The molecule has 1 atom stereocenters. The quantitative estimate of drug-likeness (QED) is 0.720. The number of likely N-dealkylation sites (tertiary alicyclic amines) is 1. The first-order valence-corrected chi connectivity index (χ1v) is 12.5. The summed E-state index contributed by atoms with van der Waals surface area (Å²) in [5, 5.41) is 0. The van der Waals surface area contributed by atoms with Crippen molar-refractivity contribution < 1.29 is 19.1 Å². The Morgan fingerprint density at radius 2 is 1.69 bits per heavy atom. The van der Waals surface area contributed by atoms with Crippen LogP contribution in [0.15, 0.2) is 18.2 Å². The molecule has 1 saturated heterocycles. The highest BCUT2D eigenvalue weighted by atomic mass is 16.6. The lowest BCUT2D eigenvalue weighted by molar-refractivity contribution is -0.161. The molecule has 4 aliphatic carbocycles. The van der Waals surface area contributed by atoms with Crippen molar-refractivity contribution in [1.82, 2.24) is 9.80 Å². The van der Waals surface area contributed by atoms with Crippen molar-refractivity contribution in [3.8, 4) is 11.5 Å². The second-order valence-electron chi connectivity index (χ2n) is 11.0. The van der Waals surface area contributed by atoms with E-state index in [9.17, 15) is 9.59 Å². The van der Waals surface area contributed by atoms with E-state index in [1.54, 1.807) is 4.90 Å². The zero-order valence-corrected chi connectivity index (χ0v) is 19.1. The third-order valence-electron chi connectivity index (χ3n) is 8.69. The Kier molecular flexibility index (Phi) is 4.88. The first-order chi connectivity index (χ1) is 15.5. The molecule has 0 spiro atoms. The van der Waals surface area contributed by atoms with Gasteiger partial charge in [-0.15, -0.1) is 0 Å². The molecule has 6 nitrogen and oxygen atoms in total. The number of carbonyl (C=O) groups excluding carboxylic acids is 2. The van der Waals surface area contributed by atoms with E-state index in [4.69, 9.17) is 9.47 Å². The van der Waals surface area contributed by atoms with Crippen LogP contribution in [0.3, 0.4) is 0 Å². The Balaban J connectivity index is 1.16. The lowest BCUT2D eigenvalue weighted by Crippen LogP contribution is -2.57. The van der Waals surface area contributed by atoms with Crippen LogP contribution < -0.4 is 9.47 Å². The highest BCUT2D eigenvalue weighted by Gasteiger charge is 2.56. The molecule has 4 bridgehead atoms. The molecule has 7 rings (SSSR count). The Labute approximate surface area is 190 Å². The van der Waals surface area contributed by atoms with E-state index < -0.39 is 0 Å². The van der Waals surface area contributed by atoms with E-state index in [1.807, 2.05) is 30.1 Å². The van der Waals surface area contributed by atoms with Crippen molar-refractivity contribution in [2.75, 3.05) is 26.8 Å². The van der Waals surface area contributed by atoms with Gasteiger partial charge in [-0.1, -0.05) is 6.07 Å². The number of nitrogens with zero attached hydrogens (tertiary/aromatic N) is 2. The Morgan fingerprint density at radius 1 is 1.03 bits per heavy atom. The van der Waals surface area contributed by atoms with E-state index in [1.165, 1.54) is 19.3 Å². The van der Waals surface area contributed by atoms with Crippen molar-refractivity contribution in [2.24, 2.45) is 23.2 Å². The average Bonchev–Trinajstić information content (AvgIpc) is 3.26. The van der Waals surface area contributed by atoms with Crippen LogP contribution >= 0.6 is 0 Å². The van der Waals surface area contributed by atoms with Crippen molar-refractivity contribution in [2.45, 2.75) is 64.0 Å². The molecule has 6 heteroatoms. The van der Waals surface area contributed by atoms with Crippen molar-refractivity contribution >= 4 is 11.8 Å². The number of benzene rings is 1. The maximum absolute atomic E-state index is 13.9. The van der Waals surface area contributed by atoms with Crippen LogP contribution in [0.25, 0.3) is 0 Å². The average molecular weight is 439 g/mol. The van der Waals surface area contributed by atoms with Crippen LogP contribution in [0.2, 0.25) is 0 Å². The molecule has 172 valence electrons. The largest absolute Gasteiger partial charge is 0.486 e. The van der Waals surface area contributed by atoms with Crippen LogP contribution in [0.1, 0.15) is 56.9 Å². The predicted octanol–water partition coefficient (Wildman–Crippen LogP) is 3.62. The topological polar surface area (TPSA) is 59.1 Å². The summed E-state index contributed by atoms with van der Waals surface area (Å²) >= 11 is 0. The highest BCUT2D eigenvalue weighted by Crippen LogP contribution is 2.60. The minimum atomic E-state index is -0.308. The number of carbonyl (C=O) groups is 2. The van der Waals surface area contributed by atoms with Crippen molar-refractivity contribution in [3.63, 3.8) is 0 Å². The zero-order valence-electron chi connectivity index (χ0n) is 19.1. The first kappa shape index (κ1) is 20.4. The SMILES string of the molecule is CN(Cc1ccc2c(c1)OCCO2)C(=O)C1CCCN1C(=O)C12CC3CC(CC(C3)C1)C2. The number of hydrogen-bond acceptors (Lipinski definition) is 4. The van der Waals surface area contributed by atoms with Gasteiger partial charge in [-0.3, -0.25) is 9.59 Å². The Bertz CT molecular complexity index is 893. The van der Waals surface area contributed by atoms with Gasteiger partial charge in [0.05, 0.1) is 5.41 Å². The maximum atomic E-state index is 13.9. The molecule has 1 aromatic rings. The standard InChI is InChI=1S/C26H34N2O4/c1-27(16-17-4-5-22-23(12-17)32-8-7-31-22)24(29)21-3-2-6-28(21)25(30)26-13-18-9-19(14-26)11-20(10-18)15-26/h4-5,12,18-21H,2-3,6-11,13-16H2,1H3. The molecule has 0 aromatic heterocycles. The fraction of sp³-hybridized carbons (Fsp3) is 0.692. The normalized spacial score (nSPS) is 34.6. The van der Waals surface area contributed by atoms with Crippen LogP contribution in [-0.2, 0) is 16.1 Å². The van der Waals surface area contributed by atoms with Crippen LogP contribution in [0.4, 0.5) is 0 Å². The van der Waals surface area contributed by atoms with Crippen LogP contribution in [0.5, 0.6) is 11.5 Å². The van der Waals surface area contributed by atoms with E-state index in [0.29, 0.717) is 25.7 Å². The molecule has 2 aliphatic heterocycles. The number of amides is 2. The number of hydrogen-bond donors (Lipinski definition) is 0. The molecule has 0 N–H and O–H groups in total. The minimum Gasteiger partial charge on any atom is -0.486 e. The van der Waals surface area contributed by atoms with Gasteiger partial charge in [0.2, 0.25) is 11.8 Å². The maximum Gasteiger partial charge on any atom is 0.245 e. The Hall–Kier alpha value is -2.24. The van der Waals surface area contributed by atoms with Crippen molar-refractivity contribution in [1.29, 1.82) is 0 Å². The van der Waals surface area contributed by atoms with Gasteiger partial charge in [0.15, 0.2) is 11.5 Å². The van der Waals surface area contributed by atoms with Gasteiger partial charge in [-0.25, -0.2) is 0 Å². The highest BCUT2D eigenvalue weighted by molar-refractivity contribution is 5.91. The first-order valence-electron chi connectivity index (χ1n) is 12.5. The lowest BCUT2D eigenvalue weighted by atomic mass is 9.49. The second-order valence-corrected chi connectivity index (χ2v) is 11.0. The summed E-state index contributed by atoms with van der Waals surface area (Å²) in [5.41, 5.74) is 0.841. The molecule has 1 unspecified atom stereocenters. The fourth-order valence-corrected chi connectivity index (χ4v) is 7.74. The molecule has 0 radical (unpaired) electrons. The van der Waals surface area contributed by atoms with Gasteiger partial charge in [0.1, 0.15) is 19.3 Å². The molecule has 6 aliphatic rings. The van der Waals surface area contributed by atoms with Crippen molar-refractivity contribution in [3.05, 3.63) is 23.8 Å².